The van der Waals surface area contributed by atoms with Gasteiger partial charge in [-0.25, -0.2) is 4.98 Å². The number of H-pyrrole nitrogens is 1. The molecule has 2 aliphatic rings. The second-order valence-corrected chi connectivity index (χ2v) is 5.70. The molecule has 3 rings (SSSR count). The van der Waals surface area contributed by atoms with Crippen molar-refractivity contribution < 1.29 is 4.79 Å². The molecule has 1 N–H and O–H groups in total. The van der Waals surface area contributed by atoms with Gasteiger partial charge < -0.3 is 9.88 Å². The molecule has 1 aromatic rings. The summed E-state index contributed by atoms with van der Waals surface area (Å²) in [5.74, 6) is 1.25. The van der Waals surface area contributed by atoms with E-state index in [9.17, 15) is 4.79 Å². The maximum atomic E-state index is 11.7. The van der Waals surface area contributed by atoms with Crippen molar-refractivity contribution >= 4 is 5.91 Å². The Bertz CT molecular complexity index is 427. The number of likely N-dealkylation sites (tertiary alicyclic amines) is 1. The fourth-order valence-electron chi connectivity index (χ4n) is 3.03. The minimum absolute atomic E-state index is 0.229. The van der Waals surface area contributed by atoms with E-state index in [2.05, 4.69) is 19.8 Å². The zero-order valence-corrected chi connectivity index (χ0v) is 11.5. The van der Waals surface area contributed by atoms with Gasteiger partial charge in [0.25, 0.3) is 0 Å². The first-order valence-corrected chi connectivity index (χ1v) is 7.23. The summed E-state index contributed by atoms with van der Waals surface area (Å²) in [6.45, 7) is 4.57. The van der Waals surface area contributed by atoms with E-state index in [-0.39, 0.29) is 5.91 Å². The molecule has 0 radical (unpaired) electrons. The van der Waals surface area contributed by atoms with E-state index in [1.165, 1.54) is 25.7 Å². The van der Waals surface area contributed by atoms with Crippen molar-refractivity contribution in [3.8, 4) is 0 Å². The molecule has 1 unspecified atom stereocenters. The Kier molecular flexibility index (Phi) is 3.55. The van der Waals surface area contributed by atoms with Crippen LogP contribution in [0.1, 0.15) is 38.4 Å². The Morgan fingerprint density at radius 2 is 2.37 bits per heavy atom. The van der Waals surface area contributed by atoms with Crippen molar-refractivity contribution in [2.45, 2.75) is 51.2 Å². The lowest BCUT2D eigenvalue weighted by Crippen LogP contribution is -2.43. The number of aromatic nitrogens is 2. The van der Waals surface area contributed by atoms with Gasteiger partial charge in [0.2, 0.25) is 5.91 Å². The highest BCUT2D eigenvalue weighted by atomic mass is 16.2. The van der Waals surface area contributed by atoms with E-state index in [1.807, 2.05) is 6.20 Å². The molecule has 2 fully saturated rings. The fourth-order valence-corrected chi connectivity index (χ4v) is 3.03. The molecular weight excluding hydrogens is 240 g/mol. The lowest BCUT2D eigenvalue weighted by Gasteiger charge is -2.30. The van der Waals surface area contributed by atoms with Crippen molar-refractivity contribution in [3.05, 3.63) is 18.2 Å². The summed E-state index contributed by atoms with van der Waals surface area (Å²) in [7, 11) is 0. The van der Waals surface area contributed by atoms with Gasteiger partial charge in [0.05, 0.1) is 6.54 Å². The van der Waals surface area contributed by atoms with Crippen LogP contribution < -0.4 is 0 Å². The normalized spacial score (nSPS) is 23.7. The molecule has 0 bridgehead atoms. The molecule has 1 amide bonds. The van der Waals surface area contributed by atoms with E-state index in [1.54, 1.807) is 13.1 Å². The van der Waals surface area contributed by atoms with Crippen LogP contribution in [0.5, 0.6) is 0 Å². The van der Waals surface area contributed by atoms with E-state index in [0.29, 0.717) is 12.1 Å². The van der Waals surface area contributed by atoms with Crippen LogP contribution in [0.2, 0.25) is 0 Å². The highest BCUT2D eigenvalue weighted by Crippen LogP contribution is 2.29. The molecule has 1 aliphatic heterocycles. The molecule has 2 heterocycles. The summed E-state index contributed by atoms with van der Waals surface area (Å²) in [5.41, 5.74) is 0. The Hall–Kier alpha value is -1.36. The van der Waals surface area contributed by atoms with Crippen LogP contribution in [0.25, 0.3) is 0 Å². The molecule has 1 saturated heterocycles. The average molecular weight is 262 g/mol. The van der Waals surface area contributed by atoms with Crippen molar-refractivity contribution in [3.63, 3.8) is 0 Å². The monoisotopic (exact) mass is 262 g/mol. The number of hydrogen-bond donors (Lipinski definition) is 1. The summed E-state index contributed by atoms with van der Waals surface area (Å²) in [6.07, 6.45) is 8.45. The molecule has 19 heavy (non-hydrogen) atoms. The molecule has 5 heteroatoms. The van der Waals surface area contributed by atoms with Crippen molar-refractivity contribution in [2.75, 3.05) is 13.1 Å². The molecule has 1 aliphatic carbocycles. The first-order chi connectivity index (χ1) is 9.24. The quantitative estimate of drug-likeness (QED) is 0.872. The third-order valence-corrected chi connectivity index (χ3v) is 4.21. The Balaban J connectivity index is 1.60. The SMILES string of the molecule is CC(=O)N(CC1CCCN1Cc1ncc[nH]1)C1CC1. The van der Waals surface area contributed by atoms with Crippen LogP contribution in [-0.4, -0.2) is 50.8 Å². The lowest BCUT2D eigenvalue weighted by atomic mass is 10.2. The topological polar surface area (TPSA) is 52.2 Å². The number of hydrogen-bond acceptors (Lipinski definition) is 3. The third-order valence-electron chi connectivity index (χ3n) is 4.21. The van der Waals surface area contributed by atoms with Crippen LogP contribution in [-0.2, 0) is 11.3 Å². The molecule has 1 atom stereocenters. The lowest BCUT2D eigenvalue weighted by molar-refractivity contribution is -0.130. The van der Waals surface area contributed by atoms with Crippen molar-refractivity contribution in [1.29, 1.82) is 0 Å². The van der Waals surface area contributed by atoms with Gasteiger partial charge in [0, 0.05) is 37.9 Å². The standard InChI is InChI=1S/C14H22N4O/c1-11(19)18(12-4-5-12)9-13-3-2-8-17(13)10-14-15-6-7-16-14/h6-7,12-13H,2-5,8-10H2,1H3,(H,15,16). The van der Waals surface area contributed by atoms with Gasteiger partial charge in [-0.05, 0) is 32.2 Å². The summed E-state index contributed by atoms with van der Waals surface area (Å²) < 4.78 is 0. The molecule has 0 spiro atoms. The molecule has 0 aromatic carbocycles. The Labute approximate surface area is 114 Å². The van der Waals surface area contributed by atoms with E-state index in [4.69, 9.17) is 0 Å². The van der Waals surface area contributed by atoms with Crippen molar-refractivity contribution in [2.24, 2.45) is 0 Å². The van der Waals surface area contributed by atoms with Crippen LogP contribution >= 0.6 is 0 Å². The predicted octanol–water partition coefficient (Wildman–Crippen LogP) is 1.38. The van der Waals surface area contributed by atoms with Crippen LogP contribution in [0.15, 0.2) is 12.4 Å². The van der Waals surface area contributed by atoms with Gasteiger partial charge >= 0.3 is 0 Å². The first kappa shape index (κ1) is 12.7. The van der Waals surface area contributed by atoms with E-state index < -0.39 is 0 Å². The van der Waals surface area contributed by atoms with Crippen molar-refractivity contribution in [1.82, 2.24) is 19.8 Å². The number of amides is 1. The van der Waals surface area contributed by atoms with E-state index in [0.717, 1.165) is 25.5 Å². The fraction of sp³-hybridized carbons (Fsp3) is 0.714. The highest BCUT2D eigenvalue weighted by molar-refractivity contribution is 5.74. The smallest absolute Gasteiger partial charge is 0.219 e. The summed E-state index contributed by atoms with van der Waals surface area (Å²) in [4.78, 5) is 23.7. The number of carbonyl (C=O) groups is 1. The summed E-state index contributed by atoms with van der Waals surface area (Å²) >= 11 is 0. The largest absolute Gasteiger partial charge is 0.348 e. The summed E-state index contributed by atoms with van der Waals surface area (Å²) in [6, 6.07) is 1.01. The van der Waals surface area contributed by atoms with Crippen LogP contribution in [0, 0.1) is 0 Å². The maximum absolute atomic E-state index is 11.7. The average Bonchev–Trinajstić information content (AvgIpc) is 2.91. The van der Waals surface area contributed by atoms with E-state index >= 15 is 0 Å². The van der Waals surface area contributed by atoms with Gasteiger partial charge in [-0.1, -0.05) is 0 Å². The Morgan fingerprint density at radius 1 is 1.53 bits per heavy atom. The highest BCUT2D eigenvalue weighted by Gasteiger charge is 2.35. The Morgan fingerprint density at radius 3 is 3.00 bits per heavy atom. The number of carbonyl (C=O) groups excluding carboxylic acids is 1. The second kappa shape index (κ2) is 5.33. The zero-order chi connectivity index (χ0) is 13.2. The first-order valence-electron chi connectivity index (χ1n) is 7.23. The number of aromatic amines is 1. The molecule has 104 valence electrons. The number of imidazole rings is 1. The minimum atomic E-state index is 0.229. The number of rotatable bonds is 5. The number of nitrogens with zero attached hydrogens (tertiary/aromatic N) is 3. The van der Waals surface area contributed by atoms with Crippen LogP contribution in [0.3, 0.4) is 0 Å². The molecular formula is C14H22N4O. The molecule has 1 aromatic heterocycles. The maximum Gasteiger partial charge on any atom is 0.219 e. The van der Waals surface area contributed by atoms with Crippen LogP contribution in [0.4, 0.5) is 0 Å². The van der Waals surface area contributed by atoms with Gasteiger partial charge in [-0.2, -0.15) is 0 Å². The third kappa shape index (κ3) is 2.97. The number of nitrogens with one attached hydrogen (secondary N) is 1. The second-order valence-electron chi connectivity index (χ2n) is 5.70. The molecule has 5 nitrogen and oxygen atoms in total. The van der Waals surface area contributed by atoms with Gasteiger partial charge in [0.1, 0.15) is 5.82 Å². The van der Waals surface area contributed by atoms with Gasteiger partial charge in [-0.3, -0.25) is 9.69 Å². The predicted molar refractivity (Wildman–Crippen MR) is 72.4 cm³/mol. The molecule has 1 saturated carbocycles. The minimum Gasteiger partial charge on any atom is -0.348 e. The zero-order valence-electron chi connectivity index (χ0n) is 11.5. The van der Waals surface area contributed by atoms with Gasteiger partial charge in [0.15, 0.2) is 0 Å². The van der Waals surface area contributed by atoms with Gasteiger partial charge in [-0.15, -0.1) is 0 Å². The summed E-state index contributed by atoms with van der Waals surface area (Å²) in [5, 5.41) is 0.